The van der Waals surface area contributed by atoms with E-state index < -0.39 is 0 Å². The molecule has 8 heteroatoms. The quantitative estimate of drug-likeness (QED) is 0.431. The van der Waals surface area contributed by atoms with Gasteiger partial charge in [-0.25, -0.2) is 4.68 Å². The van der Waals surface area contributed by atoms with E-state index >= 15 is 0 Å². The molecular weight excluding hydrogens is 386 g/mol. The van der Waals surface area contributed by atoms with E-state index in [1.165, 1.54) is 0 Å². The van der Waals surface area contributed by atoms with E-state index in [1.807, 2.05) is 73.5 Å². The van der Waals surface area contributed by atoms with E-state index in [-0.39, 0.29) is 0 Å². The number of rotatable bonds is 6. The molecule has 29 heavy (non-hydrogen) atoms. The minimum absolute atomic E-state index is 0.534. The molecule has 0 bridgehead atoms. The molecule has 1 aromatic carbocycles. The highest BCUT2D eigenvalue weighted by Gasteiger charge is 2.19. The average molecular weight is 410 g/mol. The Labute approximate surface area is 174 Å². The molecule has 0 N–H and O–H groups in total. The molecule has 0 fully saturated rings. The molecule has 0 radical (unpaired) electrons. The van der Waals surface area contributed by atoms with Crippen LogP contribution in [-0.2, 0) is 13.2 Å². The summed E-state index contributed by atoms with van der Waals surface area (Å²) in [6.07, 6.45) is 1.67. The van der Waals surface area contributed by atoms with Gasteiger partial charge in [0.25, 0.3) is 0 Å². The van der Waals surface area contributed by atoms with Crippen LogP contribution in [0.4, 0.5) is 0 Å². The smallest absolute Gasteiger partial charge is 0.204 e. The third kappa shape index (κ3) is 3.68. The summed E-state index contributed by atoms with van der Waals surface area (Å²) in [4.78, 5) is 2.14. The molecule has 4 aromatic rings. The van der Waals surface area contributed by atoms with E-state index in [0.29, 0.717) is 18.0 Å². The van der Waals surface area contributed by atoms with Crippen LogP contribution in [0.15, 0.2) is 51.6 Å². The topological polar surface area (TPSA) is 65.2 Å². The molecule has 0 atom stereocenters. The number of hydrogen-bond donors (Lipinski definition) is 0. The van der Waals surface area contributed by atoms with E-state index in [4.69, 9.17) is 26.3 Å². The summed E-state index contributed by atoms with van der Waals surface area (Å²) in [6.45, 7) is 7.04. The van der Waals surface area contributed by atoms with Gasteiger partial charge in [-0.15, -0.1) is 5.10 Å². The maximum absolute atomic E-state index is 5.81. The highest BCUT2D eigenvalue weighted by Crippen LogP contribution is 2.26. The van der Waals surface area contributed by atoms with Crippen LogP contribution in [-0.4, -0.2) is 31.5 Å². The third-order valence-corrected chi connectivity index (χ3v) is 5.33. The maximum atomic E-state index is 5.81. The van der Waals surface area contributed by atoms with Crippen molar-refractivity contribution < 1.29 is 8.94 Å². The summed E-state index contributed by atoms with van der Waals surface area (Å²) < 4.78 is 15.2. The van der Waals surface area contributed by atoms with Crippen LogP contribution in [0.1, 0.15) is 22.8 Å². The maximum Gasteiger partial charge on any atom is 0.204 e. The zero-order valence-electron chi connectivity index (χ0n) is 16.9. The molecule has 3 aromatic heterocycles. The first-order valence-corrected chi connectivity index (χ1v) is 9.76. The predicted molar refractivity (Wildman–Crippen MR) is 112 cm³/mol. The SMILES string of the molecule is Cc1noc(C)c1CN(C)Cn1nc(-c2ccoc2C)n(-c2ccccc2)c1=S. The number of benzene rings is 1. The van der Waals surface area contributed by atoms with Gasteiger partial charge in [0.2, 0.25) is 4.77 Å². The summed E-state index contributed by atoms with van der Waals surface area (Å²) in [6, 6.07) is 11.9. The van der Waals surface area contributed by atoms with Crippen molar-refractivity contribution in [3.05, 3.63) is 70.2 Å². The Kier molecular flexibility index (Phi) is 5.21. The van der Waals surface area contributed by atoms with Crippen LogP contribution in [0.2, 0.25) is 0 Å². The lowest BCUT2D eigenvalue weighted by Gasteiger charge is -2.16. The van der Waals surface area contributed by atoms with Gasteiger partial charge in [-0.3, -0.25) is 9.47 Å². The van der Waals surface area contributed by atoms with Crippen molar-refractivity contribution in [1.82, 2.24) is 24.4 Å². The highest BCUT2D eigenvalue weighted by atomic mass is 32.1. The average Bonchev–Trinajstić information content (AvgIpc) is 3.36. The number of hydrogen-bond acceptors (Lipinski definition) is 6. The van der Waals surface area contributed by atoms with Gasteiger partial charge in [-0.05, 0) is 58.2 Å². The minimum atomic E-state index is 0.534. The Balaban J connectivity index is 1.72. The number of nitrogens with zero attached hydrogens (tertiary/aromatic N) is 5. The minimum Gasteiger partial charge on any atom is -0.469 e. The molecule has 0 amide bonds. The van der Waals surface area contributed by atoms with Gasteiger partial charge in [-0.2, -0.15) is 0 Å². The van der Waals surface area contributed by atoms with E-state index in [0.717, 1.165) is 39.9 Å². The number of para-hydroxylation sites is 1. The molecule has 0 unspecified atom stereocenters. The summed E-state index contributed by atoms with van der Waals surface area (Å²) in [5.74, 6) is 2.40. The number of aromatic nitrogens is 4. The molecule has 3 heterocycles. The van der Waals surface area contributed by atoms with Crippen LogP contribution in [0, 0.1) is 25.5 Å². The van der Waals surface area contributed by atoms with Crippen molar-refractivity contribution in [1.29, 1.82) is 0 Å². The predicted octanol–water partition coefficient (Wildman–Crippen LogP) is 4.67. The zero-order chi connectivity index (χ0) is 20.5. The van der Waals surface area contributed by atoms with Crippen molar-refractivity contribution in [2.24, 2.45) is 0 Å². The molecule has 0 aliphatic heterocycles. The van der Waals surface area contributed by atoms with Crippen molar-refractivity contribution in [3.8, 4) is 17.1 Å². The molecule has 0 saturated heterocycles. The molecule has 4 rings (SSSR count). The third-order valence-electron chi connectivity index (χ3n) is 4.94. The fourth-order valence-electron chi connectivity index (χ4n) is 3.38. The second-order valence-corrected chi connectivity index (χ2v) is 7.49. The molecule has 0 aliphatic rings. The van der Waals surface area contributed by atoms with Gasteiger partial charge < -0.3 is 8.94 Å². The van der Waals surface area contributed by atoms with Crippen LogP contribution in [0.25, 0.3) is 17.1 Å². The monoisotopic (exact) mass is 409 g/mol. The highest BCUT2D eigenvalue weighted by molar-refractivity contribution is 7.71. The zero-order valence-corrected chi connectivity index (χ0v) is 17.7. The fraction of sp³-hybridized carbons (Fsp3) is 0.286. The van der Waals surface area contributed by atoms with Crippen LogP contribution in [0.3, 0.4) is 0 Å². The molecule has 7 nitrogen and oxygen atoms in total. The van der Waals surface area contributed by atoms with E-state index in [1.54, 1.807) is 6.26 Å². The standard InChI is InChI=1S/C21H23N5O2S/c1-14-19(16(3)28-23-14)12-24(4)13-25-21(29)26(17-8-6-5-7-9-17)20(22-25)18-10-11-27-15(18)2/h5-11H,12-13H2,1-4H3. The van der Waals surface area contributed by atoms with Crippen molar-refractivity contribution >= 4 is 12.2 Å². The number of furan rings is 1. The van der Waals surface area contributed by atoms with Gasteiger partial charge >= 0.3 is 0 Å². The Morgan fingerprint density at radius 2 is 1.83 bits per heavy atom. The van der Waals surface area contributed by atoms with E-state index in [9.17, 15) is 0 Å². The first-order chi connectivity index (χ1) is 14.0. The fourth-order valence-corrected chi connectivity index (χ4v) is 3.67. The largest absolute Gasteiger partial charge is 0.469 e. The summed E-state index contributed by atoms with van der Waals surface area (Å²) in [7, 11) is 2.03. The Morgan fingerprint density at radius 3 is 2.45 bits per heavy atom. The molecule has 0 spiro atoms. The van der Waals surface area contributed by atoms with Gasteiger partial charge in [0.15, 0.2) is 5.82 Å². The lowest BCUT2D eigenvalue weighted by Crippen LogP contribution is -2.23. The van der Waals surface area contributed by atoms with Gasteiger partial charge in [0.05, 0.1) is 24.2 Å². The normalized spacial score (nSPS) is 11.5. The van der Waals surface area contributed by atoms with Crippen molar-refractivity contribution in [2.45, 2.75) is 34.0 Å². The molecular formula is C21H23N5O2S. The second-order valence-electron chi connectivity index (χ2n) is 7.13. The van der Waals surface area contributed by atoms with Crippen molar-refractivity contribution in [3.63, 3.8) is 0 Å². The molecule has 0 saturated carbocycles. The van der Waals surface area contributed by atoms with Crippen LogP contribution in [0.5, 0.6) is 0 Å². The van der Waals surface area contributed by atoms with Crippen LogP contribution < -0.4 is 0 Å². The molecule has 150 valence electrons. The molecule has 0 aliphatic carbocycles. The van der Waals surface area contributed by atoms with E-state index in [2.05, 4.69) is 10.1 Å². The van der Waals surface area contributed by atoms with Gasteiger partial charge in [-0.1, -0.05) is 23.4 Å². The summed E-state index contributed by atoms with van der Waals surface area (Å²) >= 11 is 5.81. The van der Waals surface area contributed by atoms with Crippen LogP contribution >= 0.6 is 12.2 Å². The lowest BCUT2D eigenvalue weighted by atomic mass is 10.2. The Hall–Kier alpha value is -2.97. The second kappa shape index (κ2) is 7.81. The number of aryl methyl sites for hydroxylation is 3. The van der Waals surface area contributed by atoms with Gasteiger partial charge in [0, 0.05) is 17.8 Å². The Morgan fingerprint density at radius 1 is 1.07 bits per heavy atom. The first-order valence-electron chi connectivity index (χ1n) is 9.35. The summed E-state index contributed by atoms with van der Waals surface area (Å²) in [5.41, 5.74) is 3.88. The van der Waals surface area contributed by atoms with Gasteiger partial charge in [0.1, 0.15) is 11.5 Å². The lowest BCUT2D eigenvalue weighted by molar-refractivity contribution is 0.242. The first kappa shape index (κ1) is 19.4. The van der Waals surface area contributed by atoms with Crippen molar-refractivity contribution in [2.75, 3.05) is 7.05 Å². The Bertz CT molecular complexity index is 1170. The summed E-state index contributed by atoms with van der Waals surface area (Å²) in [5, 5.41) is 8.87.